The highest BCUT2D eigenvalue weighted by Crippen LogP contribution is 2.36. The minimum absolute atomic E-state index is 0.152. The van der Waals surface area contributed by atoms with Crippen molar-refractivity contribution in [3.63, 3.8) is 0 Å². The van der Waals surface area contributed by atoms with E-state index >= 15 is 0 Å². The van der Waals surface area contributed by atoms with Crippen LogP contribution in [0.2, 0.25) is 0 Å². The fourth-order valence-electron chi connectivity index (χ4n) is 7.73. The molecule has 6 aromatic carbocycles. The number of hydrogen-bond acceptors (Lipinski definition) is 7. The standard InChI is InChI=1S/C55H57N3O7/c1-8-54(7,9-2)57-52(63)49-34-37(16-17-39(49)36-60)50(61)56-43-24-32-47(33-25-43)65-45-28-20-41(21-29-45)53(5,6)40-18-26-44(27-19-40)64-46-30-22-42(23-31-46)55(10-3,11-4)58-51(62)48-15-13-12-14-38(48)35-59/h12-36H,8-11H2,1-7H3,(H,56,61)(H,57,63)(H,58,62). The Kier molecular flexibility index (Phi) is 14.8. The molecule has 0 spiro atoms. The summed E-state index contributed by atoms with van der Waals surface area (Å²) in [5, 5.41) is 9.07. The molecular weight excluding hydrogens is 815 g/mol. The average Bonchev–Trinajstić information content (AvgIpc) is 3.34. The monoisotopic (exact) mass is 871 g/mol. The summed E-state index contributed by atoms with van der Waals surface area (Å²) >= 11 is 0. The molecule has 0 saturated carbocycles. The number of nitrogens with one attached hydrogen (secondary N) is 3. The lowest BCUT2D eigenvalue weighted by Gasteiger charge is -2.34. The lowest BCUT2D eigenvalue weighted by Crippen LogP contribution is -2.45. The van der Waals surface area contributed by atoms with Crippen molar-refractivity contribution in [1.82, 2.24) is 10.6 Å². The van der Waals surface area contributed by atoms with E-state index in [1.54, 1.807) is 48.5 Å². The van der Waals surface area contributed by atoms with E-state index in [-0.39, 0.29) is 28.0 Å². The first-order valence-corrected chi connectivity index (χ1v) is 22.1. The van der Waals surface area contributed by atoms with Crippen LogP contribution in [0, 0.1) is 0 Å². The van der Waals surface area contributed by atoms with E-state index in [9.17, 15) is 24.0 Å². The number of rotatable bonds is 19. The fraction of sp³-hybridized carbons (Fsp3) is 0.255. The average molecular weight is 872 g/mol. The summed E-state index contributed by atoms with van der Waals surface area (Å²) in [5.41, 5.74) is 3.62. The largest absolute Gasteiger partial charge is 0.457 e. The Labute approximate surface area is 381 Å². The molecule has 0 atom stereocenters. The normalized spacial score (nSPS) is 11.6. The molecule has 0 bridgehead atoms. The number of aldehydes is 2. The van der Waals surface area contributed by atoms with Gasteiger partial charge in [-0.3, -0.25) is 24.0 Å². The van der Waals surface area contributed by atoms with Crippen LogP contribution in [0.3, 0.4) is 0 Å². The zero-order chi connectivity index (χ0) is 46.8. The van der Waals surface area contributed by atoms with Crippen LogP contribution < -0.4 is 25.4 Å². The first-order valence-electron chi connectivity index (χ1n) is 22.1. The van der Waals surface area contributed by atoms with Gasteiger partial charge >= 0.3 is 0 Å². The Morgan fingerprint density at radius 3 is 1.42 bits per heavy atom. The van der Waals surface area contributed by atoms with Gasteiger partial charge in [0.25, 0.3) is 17.7 Å². The minimum atomic E-state index is -0.620. The molecule has 0 aliphatic heterocycles. The van der Waals surface area contributed by atoms with Gasteiger partial charge in [0.1, 0.15) is 23.0 Å². The molecule has 0 heterocycles. The Balaban J connectivity index is 1.05. The predicted octanol–water partition coefficient (Wildman–Crippen LogP) is 12.2. The molecule has 65 heavy (non-hydrogen) atoms. The summed E-state index contributed by atoms with van der Waals surface area (Å²) in [6.45, 7) is 14.3. The number of benzene rings is 6. The molecule has 334 valence electrons. The van der Waals surface area contributed by atoms with Crippen molar-refractivity contribution >= 4 is 36.0 Å². The SMILES string of the molecule is CCC(C)(CC)NC(=O)c1cc(C(=O)Nc2ccc(Oc3ccc(C(C)(C)c4ccc(Oc5ccc(C(CC)(CC)NC(=O)c6ccccc6C=O)cc5)cc4)cc3)cc2)ccc1C=O. The molecular formula is C55H57N3O7. The van der Waals surface area contributed by atoms with Crippen LogP contribution in [0.15, 0.2) is 140 Å². The van der Waals surface area contributed by atoms with Crippen molar-refractivity contribution in [3.05, 3.63) is 184 Å². The second kappa shape index (κ2) is 20.5. The fourth-order valence-corrected chi connectivity index (χ4v) is 7.73. The maximum absolute atomic E-state index is 13.3. The van der Waals surface area contributed by atoms with E-state index in [2.05, 4.69) is 41.9 Å². The molecule has 0 aliphatic carbocycles. The van der Waals surface area contributed by atoms with E-state index in [4.69, 9.17) is 9.47 Å². The van der Waals surface area contributed by atoms with Gasteiger partial charge in [-0.1, -0.05) is 102 Å². The summed E-state index contributed by atoms with van der Waals surface area (Å²) < 4.78 is 12.4. The van der Waals surface area contributed by atoms with Crippen LogP contribution in [-0.2, 0) is 11.0 Å². The molecule has 0 saturated heterocycles. The number of hydrogen-bond donors (Lipinski definition) is 3. The van der Waals surface area contributed by atoms with Gasteiger partial charge in [0.2, 0.25) is 0 Å². The maximum atomic E-state index is 13.3. The van der Waals surface area contributed by atoms with Crippen LogP contribution in [0.25, 0.3) is 0 Å². The minimum Gasteiger partial charge on any atom is -0.457 e. The van der Waals surface area contributed by atoms with Gasteiger partial charge in [0, 0.05) is 38.9 Å². The van der Waals surface area contributed by atoms with Crippen molar-refractivity contribution in [3.8, 4) is 23.0 Å². The molecule has 0 unspecified atom stereocenters. The van der Waals surface area contributed by atoms with Gasteiger partial charge in [-0.15, -0.1) is 0 Å². The highest BCUT2D eigenvalue weighted by atomic mass is 16.5. The number of carbonyl (C=O) groups is 5. The number of amides is 3. The van der Waals surface area contributed by atoms with Crippen molar-refractivity contribution in [2.75, 3.05) is 5.32 Å². The molecule has 6 aromatic rings. The Hall–Kier alpha value is -7.33. The third-order valence-corrected chi connectivity index (χ3v) is 12.7. The van der Waals surface area contributed by atoms with E-state index in [0.29, 0.717) is 65.2 Å². The van der Waals surface area contributed by atoms with Crippen molar-refractivity contribution in [2.24, 2.45) is 0 Å². The molecule has 6 rings (SSSR count). The Morgan fingerprint density at radius 2 is 0.938 bits per heavy atom. The molecule has 0 aromatic heterocycles. The molecule has 3 N–H and O–H groups in total. The second-order valence-electron chi connectivity index (χ2n) is 17.0. The van der Waals surface area contributed by atoms with Crippen LogP contribution in [0.4, 0.5) is 5.69 Å². The molecule has 0 fully saturated rings. The predicted molar refractivity (Wildman–Crippen MR) is 256 cm³/mol. The van der Waals surface area contributed by atoms with Crippen molar-refractivity contribution < 1.29 is 33.4 Å². The Bertz CT molecular complexity index is 2630. The second-order valence-corrected chi connectivity index (χ2v) is 17.0. The highest BCUT2D eigenvalue weighted by molar-refractivity contribution is 6.08. The number of carbonyl (C=O) groups excluding carboxylic acids is 5. The van der Waals surface area contributed by atoms with Crippen LogP contribution >= 0.6 is 0 Å². The highest BCUT2D eigenvalue weighted by Gasteiger charge is 2.32. The summed E-state index contributed by atoms with van der Waals surface area (Å²) in [6, 6.07) is 42.0. The topological polar surface area (TPSA) is 140 Å². The van der Waals surface area contributed by atoms with E-state index in [1.165, 1.54) is 18.2 Å². The molecule has 10 heteroatoms. The molecule has 10 nitrogen and oxygen atoms in total. The van der Waals surface area contributed by atoms with E-state index < -0.39 is 22.9 Å². The lowest BCUT2D eigenvalue weighted by atomic mass is 9.78. The zero-order valence-corrected chi connectivity index (χ0v) is 38.1. The van der Waals surface area contributed by atoms with Crippen LogP contribution in [0.5, 0.6) is 23.0 Å². The van der Waals surface area contributed by atoms with Gasteiger partial charge in [0.15, 0.2) is 12.6 Å². The first kappa shape index (κ1) is 47.2. The molecule has 0 radical (unpaired) electrons. The molecule has 0 aliphatic rings. The Morgan fingerprint density at radius 1 is 0.492 bits per heavy atom. The number of anilines is 1. The summed E-state index contributed by atoms with van der Waals surface area (Å²) in [6.07, 6.45) is 4.08. The third kappa shape index (κ3) is 10.9. The quantitative estimate of drug-likeness (QED) is 0.0688. The van der Waals surface area contributed by atoms with Crippen molar-refractivity contribution in [1.29, 1.82) is 0 Å². The summed E-state index contributed by atoms with van der Waals surface area (Å²) in [4.78, 5) is 63.0. The summed E-state index contributed by atoms with van der Waals surface area (Å²) in [5.74, 6) is 1.50. The van der Waals surface area contributed by atoms with Gasteiger partial charge in [-0.2, -0.15) is 0 Å². The first-order chi connectivity index (χ1) is 31.2. The molecule has 3 amide bonds. The van der Waals surface area contributed by atoms with Gasteiger partial charge in [0.05, 0.1) is 11.1 Å². The van der Waals surface area contributed by atoms with Crippen molar-refractivity contribution in [2.45, 2.75) is 90.6 Å². The number of ether oxygens (including phenoxy) is 2. The van der Waals surface area contributed by atoms with E-state index in [1.807, 2.05) is 95.3 Å². The summed E-state index contributed by atoms with van der Waals surface area (Å²) in [7, 11) is 0. The van der Waals surface area contributed by atoms with Crippen LogP contribution in [0.1, 0.15) is 143 Å². The zero-order valence-electron chi connectivity index (χ0n) is 38.1. The maximum Gasteiger partial charge on any atom is 0.255 e. The van der Waals surface area contributed by atoms with Gasteiger partial charge < -0.3 is 25.4 Å². The third-order valence-electron chi connectivity index (χ3n) is 12.7. The van der Waals surface area contributed by atoms with Crippen LogP contribution in [-0.4, -0.2) is 35.8 Å². The smallest absolute Gasteiger partial charge is 0.255 e. The van der Waals surface area contributed by atoms with E-state index in [0.717, 1.165) is 29.5 Å². The van der Waals surface area contributed by atoms with Gasteiger partial charge in [-0.05, 0) is 128 Å². The lowest BCUT2D eigenvalue weighted by molar-refractivity contribution is 0.0881. The van der Waals surface area contributed by atoms with Gasteiger partial charge in [-0.25, -0.2) is 0 Å².